The maximum Gasteiger partial charge on any atom is 0.228 e. The van der Waals surface area contributed by atoms with E-state index in [1.165, 1.54) is 0 Å². The Bertz CT molecular complexity index is 415. The van der Waals surface area contributed by atoms with Crippen molar-refractivity contribution >= 4 is 23.2 Å². The third kappa shape index (κ3) is 2.07. The predicted molar refractivity (Wildman–Crippen MR) is 59.4 cm³/mol. The molecule has 0 spiro atoms. The first-order valence-electron chi connectivity index (χ1n) is 4.75. The lowest BCUT2D eigenvalue weighted by Gasteiger charge is -2.23. The van der Waals surface area contributed by atoms with Crippen LogP contribution in [0.3, 0.4) is 0 Å². The van der Waals surface area contributed by atoms with E-state index in [4.69, 9.17) is 16.3 Å². The highest BCUT2D eigenvalue weighted by atomic mass is 35.5. The van der Waals surface area contributed by atoms with E-state index in [0.717, 1.165) is 0 Å². The van der Waals surface area contributed by atoms with Crippen LogP contribution in [0.15, 0.2) is 18.2 Å². The van der Waals surface area contributed by atoms with Gasteiger partial charge in [-0.25, -0.2) is 0 Å². The summed E-state index contributed by atoms with van der Waals surface area (Å²) < 4.78 is 5.73. The molecule has 2 rings (SSSR count). The summed E-state index contributed by atoms with van der Waals surface area (Å²) >= 11 is 6.01. The number of hydrogen-bond donors (Lipinski definition) is 1. The molecule has 0 fully saturated rings. The number of benzene rings is 1. The summed E-state index contributed by atoms with van der Waals surface area (Å²) in [6, 6.07) is 5.30. The van der Waals surface area contributed by atoms with Crippen LogP contribution in [-0.4, -0.2) is 11.5 Å². The van der Waals surface area contributed by atoms with E-state index in [1.54, 1.807) is 18.2 Å². The van der Waals surface area contributed by atoms with Crippen molar-refractivity contribution < 1.29 is 9.53 Å². The number of carbonyl (C=O) groups is 1. The van der Waals surface area contributed by atoms with Crippen molar-refractivity contribution in [3.05, 3.63) is 23.2 Å². The van der Waals surface area contributed by atoms with Crippen LogP contribution in [0.5, 0.6) is 5.75 Å². The second kappa shape index (κ2) is 3.42. The lowest BCUT2D eigenvalue weighted by atomic mass is 10.1. The van der Waals surface area contributed by atoms with Gasteiger partial charge in [0.1, 0.15) is 5.60 Å². The van der Waals surface area contributed by atoms with Gasteiger partial charge in [0.05, 0.1) is 17.1 Å². The summed E-state index contributed by atoms with van der Waals surface area (Å²) in [5.41, 5.74) is 0.110. The molecule has 1 heterocycles. The first-order chi connectivity index (χ1) is 6.98. The Morgan fingerprint density at radius 1 is 1.47 bits per heavy atom. The molecule has 1 aromatic rings. The summed E-state index contributed by atoms with van der Waals surface area (Å²) in [5, 5.41) is 3.29. The molecule has 1 N–H and O–H groups in total. The summed E-state index contributed by atoms with van der Waals surface area (Å²) in [6.07, 6.45) is 0.317. The fraction of sp³-hybridized carbons (Fsp3) is 0.364. The van der Waals surface area contributed by atoms with Crippen LogP contribution >= 0.6 is 11.6 Å². The van der Waals surface area contributed by atoms with Crippen LogP contribution < -0.4 is 10.1 Å². The van der Waals surface area contributed by atoms with Crippen molar-refractivity contribution in [2.24, 2.45) is 0 Å². The first kappa shape index (κ1) is 10.3. The smallest absolute Gasteiger partial charge is 0.228 e. The van der Waals surface area contributed by atoms with Crippen molar-refractivity contribution in [2.75, 3.05) is 5.32 Å². The van der Waals surface area contributed by atoms with Gasteiger partial charge in [0.15, 0.2) is 5.75 Å². The third-order valence-corrected chi connectivity index (χ3v) is 2.50. The third-order valence-electron chi connectivity index (χ3n) is 2.21. The van der Waals surface area contributed by atoms with Gasteiger partial charge in [-0.3, -0.25) is 4.79 Å². The van der Waals surface area contributed by atoms with Crippen molar-refractivity contribution in [2.45, 2.75) is 25.9 Å². The Hall–Kier alpha value is -1.22. The maximum absolute atomic E-state index is 11.5. The van der Waals surface area contributed by atoms with Gasteiger partial charge < -0.3 is 10.1 Å². The standard InChI is InChI=1S/C11H12ClNO2/c1-11(2)6-9(14)13-8-5-3-4-7(12)10(8)15-11/h3-5H,6H2,1-2H3,(H,13,14). The Balaban J connectivity index is 2.50. The zero-order valence-corrected chi connectivity index (χ0v) is 9.39. The highest BCUT2D eigenvalue weighted by Crippen LogP contribution is 2.38. The SMILES string of the molecule is CC1(C)CC(=O)Nc2cccc(Cl)c2O1. The molecule has 3 nitrogen and oxygen atoms in total. The van der Waals surface area contributed by atoms with Gasteiger partial charge in [-0.05, 0) is 26.0 Å². The molecule has 1 aliphatic rings. The van der Waals surface area contributed by atoms with Gasteiger partial charge in [0.25, 0.3) is 0 Å². The van der Waals surface area contributed by atoms with Crippen LogP contribution in [0.2, 0.25) is 5.02 Å². The second-order valence-electron chi connectivity index (χ2n) is 4.20. The highest BCUT2D eigenvalue weighted by molar-refractivity contribution is 6.32. The lowest BCUT2D eigenvalue weighted by Crippen LogP contribution is -2.30. The monoisotopic (exact) mass is 225 g/mol. The van der Waals surface area contributed by atoms with E-state index < -0.39 is 5.60 Å². The molecule has 4 heteroatoms. The molecule has 0 atom stereocenters. The molecule has 1 aromatic carbocycles. The quantitative estimate of drug-likeness (QED) is 0.737. The number of para-hydroxylation sites is 1. The van der Waals surface area contributed by atoms with E-state index in [-0.39, 0.29) is 5.91 Å². The second-order valence-corrected chi connectivity index (χ2v) is 4.61. The maximum atomic E-state index is 11.5. The minimum absolute atomic E-state index is 0.0546. The van der Waals surface area contributed by atoms with Crippen LogP contribution in [0.1, 0.15) is 20.3 Å². The number of amides is 1. The van der Waals surface area contributed by atoms with E-state index in [2.05, 4.69) is 5.32 Å². The van der Waals surface area contributed by atoms with Crippen LogP contribution in [0, 0.1) is 0 Å². The zero-order chi connectivity index (χ0) is 11.1. The van der Waals surface area contributed by atoms with Crippen molar-refractivity contribution in [1.82, 2.24) is 0 Å². The van der Waals surface area contributed by atoms with Gasteiger partial charge in [0, 0.05) is 0 Å². The van der Waals surface area contributed by atoms with Gasteiger partial charge in [-0.2, -0.15) is 0 Å². The lowest BCUT2D eigenvalue weighted by molar-refractivity contribution is -0.118. The molecule has 80 valence electrons. The summed E-state index contributed by atoms with van der Waals surface area (Å²) in [6.45, 7) is 3.73. The van der Waals surface area contributed by atoms with Crippen molar-refractivity contribution in [3.8, 4) is 5.75 Å². The van der Waals surface area contributed by atoms with Crippen LogP contribution in [0.25, 0.3) is 0 Å². The Morgan fingerprint density at radius 3 is 2.93 bits per heavy atom. The predicted octanol–water partition coefficient (Wildman–Crippen LogP) is 2.84. The summed E-state index contributed by atoms with van der Waals surface area (Å²) in [5.74, 6) is 0.496. The zero-order valence-electron chi connectivity index (χ0n) is 8.63. The van der Waals surface area contributed by atoms with Gasteiger partial charge in [-0.1, -0.05) is 17.7 Å². The molecule has 1 amide bonds. The number of carbonyl (C=O) groups excluding carboxylic acids is 1. The minimum atomic E-state index is -0.527. The Kier molecular flexibility index (Phi) is 2.35. The Labute approximate surface area is 93.4 Å². The van der Waals surface area contributed by atoms with Crippen molar-refractivity contribution in [1.29, 1.82) is 0 Å². The molecular weight excluding hydrogens is 214 g/mol. The minimum Gasteiger partial charge on any atom is -0.484 e. The largest absolute Gasteiger partial charge is 0.484 e. The number of hydrogen-bond acceptors (Lipinski definition) is 2. The Morgan fingerprint density at radius 2 is 2.20 bits per heavy atom. The molecular formula is C11H12ClNO2. The fourth-order valence-corrected chi connectivity index (χ4v) is 1.82. The van der Waals surface area contributed by atoms with E-state index >= 15 is 0 Å². The van der Waals surface area contributed by atoms with Crippen LogP contribution in [-0.2, 0) is 4.79 Å². The number of fused-ring (bicyclic) bond motifs is 1. The first-order valence-corrected chi connectivity index (χ1v) is 5.13. The summed E-state index contributed by atoms with van der Waals surface area (Å²) in [4.78, 5) is 11.5. The molecule has 0 aromatic heterocycles. The van der Waals surface area contributed by atoms with Gasteiger partial charge in [-0.15, -0.1) is 0 Å². The normalized spacial score (nSPS) is 18.5. The molecule has 0 unspecified atom stereocenters. The molecule has 0 saturated carbocycles. The molecule has 1 aliphatic heterocycles. The number of anilines is 1. The van der Waals surface area contributed by atoms with E-state index in [1.807, 2.05) is 13.8 Å². The molecule has 15 heavy (non-hydrogen) atoms. The average Bonchev–Trinajstić information content (AvgIpc) is 2.20. The highest BCUT2D eigenvalue weighted by Gasteiger charge is 2.30. The topological polar surface area (TPSA) is 38.3 Å². The number of rotatable bonds is 0. The fourth-order valence-electron chi connectivity index (χ4n) is 1.60. The molecule has 0 bridgehead atoms. The number of halogens is 1. The van der Waals surface area contributed by atoms with Gasteiger partial charge >= 0.3 is 0 Å². The molecule has 0 saturated heterocycles. The van der Waals surface area contributed by atoms with Gasteiger partial charge in [0.2, 0.25) is 5.91 Å². The average molecular weight is 226 g/mol. The van der Waals surface area contributed by atoms with Crippen LogP contribution in [0.4, 0.5) is 5.69 Å². The number of nitrogens with one attached hydrogen (secondary N) is 1. The van der Waals surface area contributed by atoms with E-state index in [9.17, 15) is 4.79 Å². The summed E-state index contributed by atoms with van der Waals surface area (Å²) in [7, 11) is 0. The van der Waals surface area contributed by atoms with E-state index in [0.29, 0.717) is 22.9 Å². The molecule has 0 radical (unpaired) electrons. The molecule has 0 aliphatic carbocycles. The van der Waals surface area contributed by atoms with Crippen molar-refractivity contribution in [3.63, 3.8) is 0 Å². The number of ether oxygens (including phenoxy) is 1.